The largest absolute Gasteiger partial charge is 0.479 e. The fourth-order valence-corrected chi connectivity index (χ4v) is 1.90. The highest BCUT2D eigenvalue weighted by Crippen LogP contribution is 2.17. The second-order valence-electron chi connectivity index (χ2n) is 3.23. The first-order chi connectivity index (χ1) is 6.86. The van der Waals surface area contributed by atoms with Crippen molar-refractivity contribution in [1.82, 2.24) is 4.90 Å². The van der Waals surface area contributed by atoms with E-state index in [2.05, 4.69) is 39.0 Å². The van der Waals surface area contributed by atoms with E-state index in [0.29, 0.717) is 6.73 Å². The van der Waals surface area contributed by atoms with Gasteiger partial charge in [0.2, 0.25) is 0 Å². The number of nitrogens with zero attached hydrogens (tertiary/aromatic N) is 1. The van der Waals surface area contributed by atoms with Gasteiger partial charge in [-0.25, -0.2) is 0 Å². The second kappa shape index (κ2) is 4.51. The van der Waals surface area contributed by atoms with Gasteiger partial charge in [-0.15, -0.1) is 0 Å². The standard InChI is InChI=1S/C11H12BrNO/c12-11-4-2-1-3-10(11)5-6-13-7-8-14-9-13/h1-4,7-8H,5-6,9H2. The van der Waals surface area contributed by atoms with Crippen LogP contribution in [0, 0.1) is 0 Å². The van der Waals surface area contributed by atoms with E-state index < -0.39 is 0 Å². The molecule has 14 heavy (non-hydrogen) atoms. The maximum Gasteiger partial charge on any atom is 0.160 e. The Kier molecular flexibility index (Phi) is 3.09. The lowest BCUT2D eigenvalue weighted by atomic mass is 10.1. The molecule has 1 aliphatic heterocycles. The summed E-state index contributed by atoms with van der Waals surface area (Å²) in [7, 11) is 0. The van der Waals surface area contributed by atoms with Crippen molar-refractivity contribution < 1.29 is 4.74 Å². The second-order valence-corrected chi connectivity index (χ2v) is 4.09. The molecule has 74 valence electrons. The summed E-state index contributed by atoms with van der Waals surface area (Å²) in [6, 6.07) is 8.32. The Balaban J connectivity index is 1.91. The fraction of sp³-hybridized carbons (Fsp3) is 0.273. The lowest BCUT2D eigenvalue weighted by molar-refractivity contribution is 0.172. The summed E-state index contributed by atoms with van der Waals surface area (Å²) in [6.45, 7) is 1.68. The number of rotatable bonds is 3. The molecular formula is C11H12BrNO. The van der Waals surface area contributed by atoms with E-state index in [4.69, 9.17) is 4.74 Å². The summed E-state index contributed by atoms with van der Waals surface area (Å²) < 4.78 is 6.29. The Morgan fingerprint density at radius 1 is 1.36 bits per heavy atom. The first-order valence-corrected chi connectivity index (χ1v) is 5.41. The monoisotopic (exact) mass is 253 g/mol. The maximum absolute atomic E-state index is 5.11. The molecule has 3 heteroatoms. The first kappa shape index (κ1) is 9.59. The lowest BCUT2D eigenvalue weighted by Gasteiger charge is -2.13. The highest BCUT2D eigenvalue weighted by atomic mass is 79.9. The van der Waals surface area contributed by atoms with E-state index >= 15 is 0 Å². The van der Waals surface area contributed by atoms with Crippen LogP contribution in [-0.2, 0) is 11.2 Å². The minimum absolute atomic E-state index is 0.685. The summed E-state index contributed by atoms with van der Waals surface area (Å²) in [4.78, 5) is 2.15. The SMILES string of the molecule is Brc1ccccc1CCN1C=COC1. The molecule has 0 bridgehead atoms. The molecule has 0 atom stereocenters. The molecule has 0 unspecified atom stereocenters. The summed E-state index contributed by atoms with van der Waals surface area (Å²) in [6.07, 6.45) is 4.76. The molecule has 1 heterocycles. The Morgan fingerprint density at radius 2 is 2.21 bits per heavy atom. The van der Waals surface area contributed by atoms with Crippen LogP contribution in [0.15, 0.2) is 41.2 Å². The van der Waals surface area contributed by atoms with Crippen molar-refractivity contribution in [3.8, 4) is 0 Å². The number of hydrogen-bond donors (Lipinski definition) is 0. The first-order valence-electron chi connectivity index (χ1n) is 4.62. The zero-order valence-electron chi connectivity index (χ0n) is 7.82. The summed E-state index contributed by atoms with van der Waals surface area (Å²) in [5, 5.41) is 0. The predicted octanol–water partition coefficient (Wildman–Crippen LogP) is 2.75. The molecular weight excluding hydrogens is 242 g/mol. The Morgan fingerprint density at radius 3 is 2.93 bits per heavy atom. The number of ether oxygens (including phenoxy) is 1. The van der Waals surface area contributed by atoms with Gasteiger partial charge in [0, 0.05) is 17.2 Å². The van der Waals surface area contributed by atoms with Crippen LogP contribution in [0.2, 0.25) is 0 Å². The summed E-state index contributed by atoms with van der Waals surface area (Å²) >= 11 is 3.54. The quantitative estimate of drug-likeness (QED) is 0.822. The third-order valence-electron chi connectivity index (χ3n) is 2.23. The third kappa shape index (κ3) is 2.29. The average Bonchev–Trinajstić information content (AvgIpc) is 2.69. The molecule has 1 aromatic rings. The van der Waals surface area contributed by atoms with Crippen LogP contribution < -0.4 is 0 Å². The van der Waals surface area contributed by atoms with Crippen LogP contribution in [0.1, 0.15) is 5.56 Å². The van der Waals surface area contributed by atoms with Crippen LogP contribution in [0.5, 0.6) is 0 Å². The lowest BCUT2D eigenvalue weighted by Crippen LogP contribution is -2.18. The Hall–Kier alpha value is -0.960. The zero-order valence-corrected chi connectivity index (χ0v) is 9.40. The third-order valence-corrected chi connectivity index (χ3v) is 3.01. The van der Waals surface area contributed by atoms with Crippen molar-refractivity contribution >= 4 is 15.9 Å². The van der Waals surface area contributed by atoms with E-state index in [1.165, 1.54) is 10.0 Å². The van der Waals surface area contributed by atoms with Crippen molar-refractivity contribution in [3.05, 3.63) is 46.8 Å². The van der Waals surface area contributed by atoms with Gasteiger partial charge in [-0.2, -0.15) is 0 Å². The predicted molar refractivity (Wildman–Crippen MR) is 59.6 cm³/mol. The van der Waals surface area contributed by atoms with E-state index in [0.717, 1.165) is 13.0 Å². The summed E-state index contributed by atoms with van der Waals surface area (Å²) in [5.41, 5.74) is 1.34. The molecule has 0 radical (unpaired) electrons. The van der Waals surface area contributed by atoms with Crippen LogP contribution in [-0.4, -0.2) is 18.2 Å². The molecule has 0 fully saturated rings. The molecule has 0 aromatic heterocycles. The molecule has 1 aliphatic rings. The number of halogens is 1. The van der Waals surface area contributed by atoms with Gasteiger partial charge in [0.05, 0.1) is 0 Å². The normalized spacial score (nSPS) is 14.5. The van der Waals surface area contributed by atoms with Gasteiger partial charge in [0.25, 0.3) is 0 Å². The van der Waals surface area contributed by atoms with Crippen molar-refractivity contribution in [2.45, 2.75) is 6.42 Å². The van der Waals surface area contributed by atoms with Crippen molar-refractivity contribution in [2.75, 3.05) is 13.3 Å². The topological polar surface area (TPSA) is 12.5 Å². The van der Waals surface area contributed by atoms with Gasteiger partial charge < -0.3 is 9.64 Å². The maximum atomic E-state index is 5.11. The van der Waals surface area contributed by atoms with Crippen LogP contribution in [0.4, 0.5) is 0 Å². The zero-order chi connectivity index (χ0) is 9.80. The van der Waals surface area contributed by atoms with Gasteiger partial charge in [-0.1, -0.05) is 34.1 Å². The molecule has 0 aliphatic carbocycles. The highest BCUT2D eigenvalue weighted by molar-refractivity contribution is 9.10. The molecule has 2 rings (SSSR count). The average molecular weight is 254 g/mol. The molecule has 0 amide bonds. The minimum Gasteiger partial charge on any atom is -0.479 e. The van der Waals surface area contributed by atoms with Crippen LogP contribution in [0.3, 0.4) is 0 Å². The van der Waals surface area contributed by atoms with Gasteiger partial charge >= 0.3 is 0 Å². The highest BCUT2D eigenvalue weighted by Gasteiger charge is 2.05. The van der Waals surface area contributed by atoms with Crippen molar-refractivity contribution in [1.29, 1.82) is 0 Å². The van der Waals surface area contributed by atoms with Gasteiger partial charge in [0.15, 0.2) is 6.73 Å². The number of benzene rings is 1. The fourth-order valence-electron chi connectivity index (χ4n) is 1.42. The van der Waals surface area contributed by atoms with Crippen molar-refractivity contribution in [3.63, 3.8) is 0 Å². The van der Waals surface area contributed by atoms with E-state index in [1.807, 2.05) is 12.3 Å². The van der Waals surface area contributed by atoms with E-state index in [-0.39, 0.29) is 0 Å². The molecule has 1 aromatic carbocycles. The van der Waals surface area contributed by atoms with Crippen molar-refractivity contribution in [2.24, 2.45) is 0 Å². The van der Waals surface area contributed by atoms with Crippen LogP contribution >= 0.6 is 15.9 Å². The Bertz CT molecular complexity index is 338. The smallest absolute Gasteiger partial charge is 0.160 e. The molecule has 0 N–H and O–H groups in total. The number of hydrogen-bond acceptors (Lipinski definition) is 2. The van der Waals surface area contributed by atoms with Gasteiger partial charge in [-0.3, -0.25) is 0 Å². The van der Waals surface area contributed by atoms with Gasteiger partial charge in [-0.05, 0) is 18.1 Å². The van der Waals surface area contributed by atoms with Gasteiger partial charge in [0.1, 0.15) is 6.26 Å². The Labute approximate surface area is 92.3 Å². The van der Waals surface area contributed by atoms with E-state index in [9.17, 15) is 0 Å². The molecule has 2 nitrogen and oxygen atoms in total. The molecule has 0 saturated carbocycles. The molecule has 0 spiro atoms. The van der Waals surface area contributed by atoms with E-state index in [1.54, 1.807) is 6.26 Å². The summed E-state index contributed by atoms with van der Waals surface area (Å²) in [5.74, 6) is 0. The minimum atomic E-state index is 0.685. The van der Waals surface area contributed by atoms with Crippen LogP contribution in [0.25, 0.3) is 0 Å². The molecule has 0 saturated heterocycles.